The van der Waals surface area contributed by atoms with E-state index in [-0.39, 0.29) is 11.5 Å². The molecule has 0 saturated carbocycles. The number of rotatable bonds is 1. The van der Waals surface area contributed by atoms with Crippen molar-refractivity contribution in [2.45, 2.75) is 19.8 Å². The van der Waals surface area contributed by atoms with Crippen LogP contribution < -0.4 is 0 Å². The minimum Gasteiger partial charge on any atom is -0.339 e. The van der Waals surface area contributed by atoms with Gasteiger partial charge in [0.1, 0.15) is 5.82 Å². The SMILES string of the molecule is Cc1cc(Br)cc(C(=O)N2CCCC2)c1F. The van der Waals surface area contributed by atoms with Gasteiger partial charge in [-0.15, -0.1) is 0 Å². The topological polar surface area (TPSA) is 20.3 Å². The largest absolute Gasteiger partial charge is 0.339 e. The van der Waals surface area contributed by atoms with Gasteiger partial charge < -0.3 is 4.90 Å². The monoisotopic (exact) mass is 285 g/mol. The maximum absolute atomic E-state index is 13.8. The van der Waals surface area contributed by atoms with E-state index in [1.54, 1.807) is 24.0 Å². The predicted octanol–water partition coefficient (Wildman–Crippen LogP) is 3.13. The molecule has 0 unspecified atom stereocenters. The molecular weight excluding hydrogens is 273 g/mol. The molecule has 0 aliphatic carbocycles. The summed E-state index contributed by atoms with van der Waals surface area (Å²) >= 11 is 3.29. The molecule has 1 amide bonds. The number of benzene rings is 1. The number of carbonyl (C=O) groups is 1. The number of aryl methyl sites for hydroxylation is 1. The Balaban J connectivity index is 2.35. The quantitative estimate of drug-likeness (QED) is 0.776. The summed E-state index contributed by atoms with van der Waals surface area (Å²) in [6.45, 7) is 3.15. The summed E-state index contributed by atoms with van der Waals surface area (Å²) in [6.07, 6.45) is 2.03. The lowest BCUT2D eigenvalue weighted by molar-refractivity contribution is 0.0788. The molecule has 0 aromatic heterocycles. The van der Waals surface area contributed by atoms with Gasteiger partial charge >= 0.3 is 0 Å². The first-order valence-corrected chi connectivity index (χ1v) is 6.14. The van der Waals surface area contributed by atoms with Crippen molar-refractivity contribution in [2.24, 2.45) is 0 Å². The molecule has 1 heterocycles. The average Bonchev–Trinajstić information content (AvgIpc) is 2.75. The molecule has 86 valence electrons. The van der Waals surface area contributed by atoms with Crippen LogP contribution in [-0.4, -0.2) is 23.9 Å². The molecule has 1 aliphatic rings. The zero-order chi connectivity index (χ0) is 11.7. The van der Waals surface area contributed by atoms with Crippen molar-refractivity contribution in [3.8, 4) is 0 Å². The highest BCUT2D eigenvalue weighted by molar-refractivity contribution is 9.10. The van der Waals surface area contributed by atoms with E-state index in [2.05, 4.69) is 15.9 Å². The normalized spacial score (nSPS) is 15.6. The Morgan fingerprint density at radius 2 is 2.00 bits per heavy atom. The Morgan fingerprint density at radius 1 is 1.38 bits per heavy atom. The van der Waals surface area contributed by atoms with Gasteiger partial charge in [-0.05, 0) is 37.5 Å². The first-order chi connectivity index (χ1) is 7.59. The van der Waals surface area contributed by atoms with E-state index >= 15 is 0 Å². The van der Waals surface area contributed by atoms with Crippen LogP contribution in [0.3, 0.4) is 0 Å². The Bertz CT molecular complexity index is 427. The summed E-state index contributed by atoms with van der Waals surface area (Å²) < 4.78 is 14.6. The molecule has 1 aliphatic heterocycles. The summed E-state index contributed by atoms with van der Waals surface area (Å²) in [5, 5.41) is 0. The second-order valence-corrected chi connectivity index (χ2v) is 5.00. The van der Waals surface area contributed by atoms with Crippen LogP contribution in [0.25, 0.3) is 0 Å². The van der Waals surface area contributed by atoms with Crippen molar-refractivity contribution in [1.29, 1.82) is 0 Å². The highest BCUT2D eigenvalue weighted by Crippen LogP contribution is 2.22. The van der Waals surface area contributed by atoms with Crippen molar-refractivity contribution >= 4 is 21.8 Å². The maximum Gasteiger partial charge on any atom is 0.256 e. The van der Waals surface area contributed by atoms with Crippen molar-refractivity contribution in [3.05, 3.63) is 33.5 Å². The molecule has 1 aromatic carbocycles. The van der Waals surface area contributed by atoms with Gasteiger partial charge in [0.25, 0.3) is 5.91 Å². The Kier molecular flexibility index (Phi) is 3.28. The van der Waals surface area contributed by atoms with Gasteiger partial charge in [0, 0.05) is 17.6 Å². The second kappa shape index (κ2) is 4.53. The molecule has 0 N–H and O–H groups in total. The van der Waals surface area contributed by atoms with Crippen LogP contribution in [0, 0.1) is 12.7 Å². The maximum atomic E-state index is 13.8. The number of halogens is 2. The summed E-state index contributed by atoms with van der Waals surface area (Å²) in [4.78, 5) is 13.7. The number of likely N-dealkylation sites (tertiary alicyclic amines) is 1. The number of hydrogen-bond donors (Lipinski definition) is 0. The molecule has 0 atom stereocenters. The van der Waals surface area contributed by atoms with Crippen LogP contribution in [0.15, 0.2) is 16.6 Å². The third-order valence-electron chi connectivity index (χ3n) is 2.84. The van der Waals surface area contributed by atoms with Crippen molar-refractivity contribution in [3.63, 3.8) is 0 Å². The number of amides is 1. The predicted molar refractivity (Wildman–Crippen MR) is 64.0 cm³/mol. The van der Waals surface area contributed by atoms with E-state index in [1.165, 1.54) is 0 Å². The lowest BCUT2D eigenvalue weighted by Gasteiger charge is -2.16. The zero-order valence-electron chi connectivity index (χ0n) is 9.09. The Hall–Kier alpha value is -0.900. The molecule has 2 nitrogen and oxygen atoms in total. The summed E-state index contributed by atoms with van der Waals surface area (Å²) in [5.74, 6) is -0.598. The molecule has 1 aromatic rings. The average molecular weight is 286 g/mol. The molecule has 4 heteroatoms. The lowest BCUT2D eigenvalue weighted by atomic mass is 10.1. The molecule has 0 radical (unpaired) electrons. The Morgan fingerprint density at radius 3 is 2.62 bits per heavy atom. The molecular formula is C12H13BrFNO. The number of hydrogen-bond acceptors (Lipinski definition) is 1. The van der Waals surface area contributed by atoms with E-state index in [0.717, 1.165) is 30.4 Å². The van der Waals surface area contributed by atoms with Gasteiger partial charge in [-0.1, -0.05) is 15.9 Å². The van der Waals surface area contributed by atoms with Gasteiger partial charge in [-0.3, -0.25) is 4.79 Å². The van der Waals surface area contributed by atoms with Crippen molar-refractivity contribution in [1.82, 2.24) is 4.90 Å². The standard InChI is InChI=1S/C12H13BrFNO/c1-8-6-9(13)7-10(11(8)14)12(16)15-4-2-3-5-15/h6-7H,2-5H2,1H3. The zero-order valence-corrected chi connectivity index (χ0v) is 10.7. The first kappa shape index (κ1) is 11.6. The van der Waals surface area contributed by atoms with E-state index in [9.17, 15) is 9.18 Å². The molecule has 16 heavy (non-hydrogen) atoms. The van der Waals surface area contributed by atoms with Crippen LogP contribution in [0.1, 0.15) is 28.8 Å². The second-order valence-electron chi connectivity index (χ2n) is 4.08. The number of nitrogens with zero attached hydrogens (tertiary/aromatic N) is 1. The molecule has 2 rings (SSSR count). The number of carbonyl (C=O) groups excluding carboxylic acids is 1. The summed E-state index contributed by atoms with van der Waals surface area (Å²) in [5.41, 5.74) is 0.672. The highest BCUT2D eigenvalue weighted by atomic mass is 79.9. The third kappa shape index (κ3) is 2.12. The summed E-state index contributed by atoms with van der Waals surface area (Å²) in [6, 6.07) is 3.24. The van der Waals surface area contributed by atoms with E-state index < -0.39 is 5.82 Å². The van der Waals surface area contributed by atoms with Crippen LogP contribution in [0.5, 0.6) is 0 Å². The fraction of sp³-hybridized carbons (Fsp3) is 0.417. The van der Waals surface area contributed by atoms with E-state index in [4.69, 9.17) is 0 Å². The smallest absolute Gasteiger partial charge is 0.256 e. The van der Waals surface area contributed by atoms with Crippen molar-refractivity contribution < 1.29 is 9.18 Å². The molecule has 1 saturated heterocycles. The van der Waals surface area contributed by atoms with Crippen LogP contribution in [0.4, 0.5) is 4.39 Å². The Labute approximate surface area is 103 Å². The fourth-order valence-corrected chi connectivity index (χ4v) is 2.54. The van der Waals surface area contributed by atoms with Crippen LogP contribution >= 0.6 is 15.9 Å². The summed E-state index contributed by atoms with van der Waals surface area (Å²) in [7, 11) is 0. The van der Waals surface area contributed by atoms with E-state index in [1.807, 2.05) is 0 Å². The molecule has 1 fully saturated rings. The fourth-order valence-electron chi connectivity index (χ4n) is 1.97. The molecule has 0 bridgehead atoms. The lowest BCUT2D eigenvalue weighted by Crippen LogP contribution is -2.28. The van der Waals surface area contributed by atoms with Gasteiger partial charge in [0.2, 0.25) is 0 Å². The minimum atomic E-state index is -0.403. The van der Waals surface area contributed by atoms with Gasteiger partial charge in [0.15, 0.2) is 0 Å². The van der Waals surface area contributed by atoms with E-state index in [0.29, 0.717) is 5.56 Å². The van der Waals surface area contributed by atoms with Gasteiger partial charge in [0.05, 0.1) is 5.56 Å². The first-order valence-electron chi connectivity index (χ1n) is 5.34. The van der Waals surface area contributed by atoms with Gasteiger partial charge in [-0.25, -0.2) is 4.39 Å². The van der Waals surface area contributed by atoms with Crippen molar-refractivity contribution in [2.75, 3.05) is 13.1 Å². The third-order valence-corrected chi connectivity index (χ3v) is 3.30. The highest BCUT2D eigenvalue weighted by Gasteiger charge is 2.23. The molecule has 0 spiro atoms. The van der Waals surface area contributed by atoms with Gasteiger partial charge in [-0.2, -0.15) is 0 Å². The minimum absolute atomic E-state index is 0.175. The van der Waals surface area contributed by atoms with Crippen LogP contribution in [0.2, 0.25) is 0 Å². The van der Waals surface area contributed by atoms with Crippen LogP contribution in [-0.2, 0) is 0 Å².